The number of piperidine rings is 1. The van der Waals surface area contributed by atoms with E-state index in [1.807, 2.05) is 42.5 Å². The van der Waals surface area contributed by atoms with Crippen molar-refractivity contribution in [1.29, 1.82) is 0 Å². The Morgan fingerprint density at radius 2 is 1.79 bits per heavy atom. The normalized spacial score (nSPS) is 26.1. The fourth-order valence-electron chi connectivity index (χ4n) is 6.01. The monoisotopic (exact) mass is 502 g/mol. The van der Waals surface area contributed by atoms with Gasteiger partial charge < -0.3 is 10.1 Å². The van der Waals surface area contributed by atoms with Crippen molar-refractivity contribution in [2.75, 3.05) is 37.8 Å². The lowest BCUT2D eigenvalue weighted by atomic mass is 9.71. The van der Waals surface area contributed by atoms with Gasteiger partial charge in [-0.15, -0.1) is 0 Å². The zero-order valence-electron chi connectivity index (χ0n) is 19.6. The van der Waals surface area contributed by atoms with E-state index in [1.54, 1.807) is 0 Å². The molecule has 182 valence electrons. The first-order valence-electron chi connectivity index (χ1n) is 11.9. The van der Waals surface area contributed by atoms with Crippen LogP contribution in [0, 0.1) is 5.92 Å². The average Bonchev–Trinajstić information content (AvgIpc) is 3.03. The maximum Gasteiger partial charge on any atom is 0.235 e. The summed E-state index contributed by atoms with van der Waals surface area (Å²) in [6.07, 6.45) is 4.21. The van der Waals surface area contributed by atoms with Crippen molar-refractivity contribution >= 4 is 33.0 Å². The Kier molecular flexibility index (Phi) is 5.94. The van der Waals surface area contributed by atoms with E-state index in [-0.39, 0.29) is 5.91 Å². The largest absolute Gasteiger partial charge is 0.492 e. The molecule has 2 fully saturated rings. The molecule has 0 bridgehead atoms. The Morgan fingerprint density at radius 3 is 2.41 bits per heavy atom. The third-order valence-corrected chi connectivity index (χ3v) is 10.2. The molecule has 5 rings (SSSR count). The van der Waals surface area contributed by atoms with E-state index in [0.717, 1.165) is 55.0 Å². The maximum atomic E-state index is 12.8. The first-order chi connectivity index (χ1) is 16.1. The highest BCUT2D eigenvalue weighted by atomic mass is 35.5. The molecule has 2 aliphatic heterocycles. The number of likely N-dealkylation sites (tertiary alicyclic amines) is 1. The van der Waals surface area contributed by atoms with E-state index in [0.29, 0.717) is 30.4 Å². The van der Waals surface area contributed by atoms with Gasteiger partial charge in [0.05, 0.1) is 10.2 Å². The third kappa shape index (κ3) is 3.91. The number of fused-ring (bicyclic) bond motifs is 2. The molecular weight excluding hydrogens is 472 g/mol. The Hall–Kier alpha value is -2.09. The molecule has 1 saturated carbocycles. The van der Waals surface area contributed by atoms with Crippen molar-refractivity contribution in [1.82, 2.24) is 4.90 Å². The average molecular weight is 503 g/mol. The summed E-state index contributed by atoms with van der Waals surface area (Å²) in [6, 6.07) is 13.2. The molecule has 1 aliphatic carbocycles. The fourth-order valence-corrected chi connectivity index (χ4v) is 7.92. The minimum absolute atomic E-state index is 0.0773. The maximum absolute atomic E-state index is 12.8. The molecule has 1 N–H and O–H groups in total. The van der Waals surface area contributed by atoms with E-state index >= 15 is 0 Å². The number of ether oxygens (including phenoxy) is 1. The van der Waals surface area contributed by atoms with Gasteiger partial charge in [-0.05, 0) is 86.1 Å². The van der Waals surface area contributed by atoms with Gasteiger partial charge in [-0.2, -0.15) is 0 Å². The number of anilines is 1. The molecule has 6 nitrogen and oxygen atoms in total. The highest BCUT2D eigenvalue weighted by Crippen LogP contribution is 2.51. The summed E-state index contributed by atoms with van der Waals surface area (Å²) in [5.41, 5.74) is 2.27. The van der Waals surface area contributed by atoms with Crippen LogP contribution in [0.1, 0.15) is 43.7 Å². The summed E-state index contributed by atoms with van der Waals surface area (Å²) in [7, 11) is -3.18. The van der Waals surface area contributed by atoms with Gasteiger partial charge in [-0.25, -0.2) is 8.42 Å². The van der Waals surface area contributed by atoms with Crippen LogP contribution in [-0.4, -0.2) is 51.7 Å². The standard InChI is InChI=1S/C26H31ClN2O4S/c1-18-16-26(17-18,34(2,31)32)19-3-6-21(7-4-19)33-14-13-29-11-9-25(10-12-29)22-15-20(27)5-8-23(22)28-24(25)30/h3-8,15,18H,9-14,16-17H2,1-2H3,(H,28,30). The van der Waals surface area contributed by atoms with Gasteiger partial charge >= 0.3 is 0 Å². The van der Waals surface area contributed by atoms with Gasteiger partial charge in [0.2, 0.25) is 5.91 Å². The highest BCUT2D eigenvalue weighted by Gasteiger charge is 2.51. The number of hydrogen-bond donors (Lipinski definition) is 1. The first kappa shape index (κ1) is 23.6. The Labute approximate surface area is 206 Å². The van der Waals surface area contributed by atoms with Crippen LogP contribution in [0.3, 0.4) is 0 Å². The van der Waals surface area contributed by atoms with Crippen molar-refractivity contribution in [2.45, 2.75) is 42.8 Å². The lowest BCUT2D eigenvalue weighted by Crippen LogP contribution is -2.47. The van der Waals surface area contributed by atoms with Gasteiger partial charge in [0.15, 0.2) is 9.84 Å². The van der Waals surface area contributed by atoms with Crippen molar-refractivity contribution in [3.8, 4) is 5.75 Å². The summed E-state index contributed by atoms with van der Waals surface area (Å²) in [5.74, 6) is 1.25. The molecule has 3 aliphatic rings. The number of nitrogens with one attached hydrogen (secondary N) is 1. The zero-order chi connectivity index (χ0) is 24.1. The molecule has 2 heterocycles. The first-order valence-corrected chi connectivity index (χ1v) is 14.2. The minimum atomic E-state index is -3.18. The Morgan fingerprint density at radius 1 is 1.12 bits per heavy atom. The summed E-state index contributed by atoms with van der Waals surface area (Å²) >= 11 is 6.21. The summed E-state index contributed by atoms with van der Waals surface area (Å²) in [4.78, 5) is 15.1. The van der Waals surface area contributed by atoms with Crippen LogP contribution in [0.5, 0.6) is 5.75 Å². The van der Waals surface area contributed by atoms with E-state index < -0.39 is 20.0 Å². The summed E-state index contributed by atoms with van der Waals surface area (Å²) in [6.45, 7) is 5.03. The zero-order valence-corrected chi connectivity index (χ0v) is 21.2. The van der Waals surface area contributed by atoms with Gasteiger partial charge in [0.25, 0.3) is 0 Å². The SMILES string of the molecule is CC1CC(c2ccc(OCCN3CCC4(CC3)C(=O)Nc3ccc(Cl)cc34)cc2)(S(C)(=O)=O)C1. The third-order valence-electron chi connectivity index (χ3n) is 8.01. The van der Waals surface area contributed by atoms with Crippen molar-refractivity contribution in [2.24, 2.45) is 5.92 Å². The van der Waals surface area contributed by atoms with Crippen molar-refractivity contribution in [3.05, 3.63) is 58.6 Å². The van der Waals surface area contributed by atoms with Gasteiger partial charge in [-0.3, -0.25) is 9.69 Å². The number of carbonyl (C=O) groups is 1. The van der Waals surface area contributed by atoms with Gasteiger partial charge in [0, 0.05) is 23.5 Å². The second-order valence-corrected chi connectivity index (χ2v) is 13.0. The number of sulfone groups is 1. The van der Waals surface area contributed by atoms with Crippen LogP contribution in [0.25, 0.3) is 0 Å². The number of amides is 1. The molecule has 8 heteroatoms. The lowest BCUT2D eigenvalue weighted by Gasteiger charge is -2.45. The number of benzene rings is 2. The molecule has 34 heavy (non-hydrogen) atoms. The number of rotatable bonds is 6. The van der Waals surface area contributed by atoms with Gasteiger partial charge in [0.1, 0.15) is 12.4 Å². The molecule has 2 aromatic carbocycles. The van der Waals surface area contributed by atoms with Crippen LogP contribution in [0.15, 0.2) is 42.5 Å². The molecular formula is C26H31ClN2O4S. The molecule has 0 atom stereocenters. The van der Waals surface area contributed by atoms with Crippen LogP contribution in [0.2, 0.25) is 5.02 Å². The van der Waals surface area contributed by atoms with Crippen molar-refractivity contribution < 1.29 is 17.9 Å². The second-order valence-electron chi connectivity index (χ2n) is 10.2. The summed E-state index contributed by atoms with van der Waals surface area (Å²) in [5, 5.41) is 3.68. The second kappa shape index (κ2) is 8.54. The fraction of sp³-hybridized carbons (Fsp3) is 0.500. The van der Waals surface area contributed by atoms with Crippen LogP contribution < -0.4 is 10.1 Å². The molecule has 1 amide bonds. The Balaban J connectivity index is 1.16. The molecule has 1 saturated heterocycles. The number of nitrogens with zero attached hydrogens (tertiary/aromatic N) is 1. The lowest BCUT2D eigenvalue weighted by molar-refractivity contribution is -0.122. The number of hydrogen-bond acceptors (Lipinski definition) is 5. The van der Waals surface area contributed by atoms with E-state index in [2.05, 4.69) is 17.1 Å². The van der Waals surface area contributed by atoms with Crippen LogP contribution in [0.4, 0.5) is 5.69 Å². The molecule has 2 aromatic rings. The topological polar surface area (TPSA) is 75.7 Å². The highest BCUT2D eigenvalue weighted by molar-refractivity contribution is 7.91. The van der Waals surface area contributed by atoms with Crippen LogP contribution >= 0.6 is 11.6 Å². The van der Waals surface area contributed by atoms with Crippen LogP contribution in [-0.2, 0) is 24.8 Å². The predicted molar refractivity (Wildman–Crippen MR) is 134 cm³/mol. The predicted octanol–water partition coefficient (Wildman–Crippen LogP) is 4.37. The summed E-state index contributed by atoms with van der Waals surface area (Å²) < 4.78 is 30.1. The smallest absolute Gasteiger partial charge is 0.235 e. The minimum Gasteiger partial charge on any atom is -0.492 e. The van der Waals surface area contributed by atoms with E-state index in [1.165, 1.54) is 6.26 Å². The number of halogens is 1. The Bertz CT molecular complexity index is 1200. The molecule has 0 radical (unpaired) electrons. The number of carbonyl (C=O) groups excluding carboxylic acids is 1. The molecule has 0 unspecified atom stereocenters. The quantitative estimate of drug-likeness (QED) is 0.634. The van der Waals surface area contributed by atoms with Crippen molar-refractivity contribution in [3.63, 3.8) is 0 Å². The molecule has 0 aromatic heterocycles. The molecule has 1 spiro atoms. The van der Waals surface area contributed by atoms with E-state index in [4.69, 9.17) is 16.3 Å². The van der Waals surface area contributed by atoms with Gasteiger partial charge in [-0.1, -0.05) is 30.7 Å². The van der Waals surface area contributed by atoms with E-state index in [9.17, 15) is 13.2 Å².